The number of aromatic nitrogens is 3. The van der Waals surface area contributed by atoms with Gasteiger partial charge >= 0.3 is 0 Å². The molecule has 90 valence electrons. The fourth-order valence-corrected chi connectivity index (χ4v) is 2.02. The molecule has 0 spiro atoms. The van der Waals surface area contributed by atoms with Crippen LogP contribution in [0.1, 0.15) is 13.8 Å². The molecule has 0 atom stereocenters. The lowest BCUT2D eigenvalue weighted by molar-refractivity contribution is 0.846. The maximum absolute atomic E-state index is 5.91. The summed E-state index contributed by atoms with van der Waals surface area (Å²) in [6.45, 7) is 5.79. The summed E-state index contributed by atoms with van der Waals surface area (Å²) in [5.74, 6) is 0.752. The van der Waals surface area contributed by atoms with E-state index in [0.29, 0.717) is 10.5 Å². The van der Waals surface area contributed by atoms with E-state index in [0.717, 1.165) is 24.4 Å². The Morgan fingerprint density at radius 3 is 2.53 bits per heavy atom. The molecule has 4 nitrogen and oxygen atoms in total. The van der Waals surface area contributed by atoms with E-state index in [1.165, 1.54) is 0 Å². The number of halogens is 2. The van der Waals surface area contributed by atoms with Gasteiger partial charge in [-0.15, -0.1) is 0 Å². The first kappa shape index (κ1) is 12.3. The van der Waals surface area contributed by atoms with Gasteiger partial charge in [0, 0.05) is 19.3 Å². The molecule has 0 aliphatic rings. The van der Waals surface area contributed by atoms with Crippen LogP contribution in [0.5, 0.6) is 0 Å². The molecule has 0 fully saturated rings. The highest BCUT2D eigenvalue weighted by Crippen LogP contribution is 2.25. The minimum Gasteiger partial charge on any atom is -0.355 e. The van der Waals surface area contributed by atoms with E-state index in [9.17, 15) is 0 Å². The zero-order chi connectivity index (χ0) is 12.4. The summed E-state index contributed by atoms with van der Waals surface area (Å²) in [5, 5.41) is 0.751. The molecular weight excluding hydrogens is 259 g/mol. The number of nitrogens with zero attached hydrogens (tertiary/aromatic N) is 4. The van der Waals surface area contributed by atoms with Crippen LogP contribution in [0.2, 0.25) is 10.3 Å². The Morgan fingerprint density at radius 2 is 1.88 bits per heavy atom. The van der Waals surface area contributed by atoms with Crippen LogP contribution in [0.15, 0.2) is 12.3 Å². The van der Waals surface area contributed by atoms with Gasteiger partial charge in [-0.1, -0.05) is 11.6 Å². The zero-order valence-corrected chi connectivity index (χ0v) is 11.1. The lowest BCUT2D eigenvalue weighted by Gasteiger charge is -2.20. The molecule has 6 heteroatoms. The maximum Gasteiger partial charge on any atom is 0.225 e. The first-order valence-electron chi connectivity index (χ1n) is 5.39. The van der Waals surface area contributed by atoms with E-state index in [2.05, 4.69) is 33.7 Å². The average molecular weight is 271 g/mol. The molecule has 0 aliphatic carbocycles. The smallest absolute Gasteiger partial charge is 0.225 e. The van der Waals surface area contributed by atoms with Gasteiger partial charge in [0.25, 0.3) is 0 Å². The standard InChI is InChI=1S/C11H12Cl2N4/c1-3-17(4-2)10-9-8(15-11(13)16-10)5-7(12)6-14-9/h5-6H,3-4H2,1-2H3. The topological polar surface area (TPSA) is 41.9 Å². The molecule has 0 aromatic carbocycles. The Balaban J connectivity index is 2.69. The van der Waals surface area contributed by atoms with E-state index in [1.807, 2.05) is 0 Å². The monoisotopic (exact) mass is 270 g/mol. The summed E-state index contributed by atoms with van der Waals surface area (Å²) in [6.07, 6.45) is 1.59. The zero-order valence-electron chi connectivity index (χ0n) is 9.61. The quantitative estimate of drug-likeness (QED) is 0.804. The third-order valence-electron chi connectivity index (χ3n) is 2.52. The number of anilines is 1. The van der Waals surface area contributed by atoms with Crippen molar-refractivity contribution in [3.8, 4) is 0 Å². The highest BCUT2D eigenvalue weighted by Gasteiger charge is 2.13. The predicted octanol–water partition coefficient (Wildman–Crippen LogP) is 3.18. The van der Waals surface area contributed by atoms with Crippen molar-refractivity contribution in [1.82, 2.24) is 15.0 Å². The number of pyridine rings is 1. The van der Waals surface area contributed by atoms with Gasteiger partial charge in [-0.2, -0.15) is 4.98 Å². The van der Waals surface area contributed by atoms with E-state index in [1.54, 1.807) is 12.3 Å². The van der Waals surface area contributed by atoms with E-state index >= 15 is 0 Å². The van der Waals surface area contributed by atoms with Crippen molar-refractivity contribution in [3.05, 3.63) is 22.6 Å². The summed E-state index contributed by atoms with van der Waals surface area (Å²) in [5.41, 5.74) is 1.39. The molecule has 0 saturated heterocycles. The molecule has 2 rings (SSSR count). The van der Waals surface area contributed by atoms with Gasteiger partial charge < -0.3 is 4.90 Å². The lowest BCUT2D eigenvalue weighted by atomic mass is 10.3. The lowest BCUT2D eigenvalue weighted by Crippen LogP contribution is -2.23. The minimum absolute atomic E-state index is 0.212. The van der Waals surface area contributed by atoms with Gasteiger partial charge in [-0.25, -0.2) is 9.97 Å². The Hall–Kier alpha value is -1.13. The Morgan fingerprint density at radius 1 is 1.18 bits per heavy atom. The van der Waals surface area contributed by atoms with Crippen LogP contribution >= 0.6 is 23.2 Å². The predicted molar refractivity (Wildman–Crippen MR) is 70.9 cm³/mol. The van der Waals surface area contributed by atoms with Gasteiger partial charge in [-0.05, 0) is 31.5 Å². The summed E-state index contributed by atoms with van der Waals surface area (Å²) < 4.78 is 0. The number of hydrogen-bond donors (Lipinski definition) is 0. The second-order valence-electron chi connectivity index (χ2n) is 3.51. The second kappa shape index (κ2) is 5.02. The fourth-order valence-electron chi connectivity index (χ4n) is 1.69. The first-order chi connectivity index (χ1) is 8.15. The van der Waals surface area contributed by atoms with Crippen molar-refractivity contribution in [3.63, 3.8) is 0 Å². The van der Waals surface area contributed by atoms with Crippen LogP contribution in [-0.4, -0.2) is 28.0 Å². The minimum atomic E-state index is 0.212. The normalized spacial score (nSPS) is 10.8. The number of rotatable bonds is 3. The van der Waals surface area contributed by atoms with Gasteiger partial charge in [0.2, 0.25) is 5.28 Å². The average Bonchev–Trinajstić information content (AvgIpc) is 2.29. The van der Waals surface area contributed by atoms with Crippen molar-refractivity contribution in [2.24, 2.45) is 0 Å². The summed E-state index contributed by atoms with van der Waals surface area (Å²) in [6, 6.07) is 1.74. The molecule has 0 amide bonds. The van der Waals surface area contributed by atoms with Crippen LogP contribution in [0.3, 0.4) is 0 Å². The van der Waals surface area contributed by atoms with Crippen LogP contribution in [0.25, 0.3) is 11.0 Å². The van der Waals surface area contributed by atoms with Crippen LogP contribution in [0, 0.1) is 0 Å². The molecule has 0 saturated carbocycles. The fraction of sp³-hybridized carbons (Fsp3) is 0.364. The van der Waals surface area contributed by atoms with Gasteiger partial charge in [0.15, 0.2) is 5.82 Å². The SMILES string of the molecule is CCN(CC)c1nc(Cl)nc2cc(Cl)cnc12. The third kappa shape index (κ3) is 2.42. The van der Waals surface area contributed by atoms with Gasteiger partial charge in [0.1, 0.15) is 5.52 Å². The summed E-state index contributed by atoms with van der Waals surface area (Å²) in [7, 11) is 0. The molecule has 0 bridgehead atoms. The number of fused-ring (bicyclic) bond motifs is 1. The third-order valence-corrected chi connectivity index (χ3v) is 2.90. The number of hydrogen-bond acceptors (Lipinski definition) is 4. The van der Waals surface area contributed by atoms with Crippen molar-refractivity contribution in [1.29, 1.82) is 0 Å². The maximum atomic E-state index is 5.91. The Bertz CT molecular complexity index is 535. The van der Waals surface area contributed by atoms with Crippen molar-refractivity contribution < 1.29 is 0 Å². The van der Waals surface area contributed by atoms with E-state index < -0.39 is 0 Å². The highest BCUT2D eigenvalue weighted by molar-refractivity contribution is 6.31. The van der Waals surface area contributed by atoms with E-state index in [4.69, 9.17) is 23.2 Å². The van der Waals surface area contributed by atoms with Gasteiger partial charge in [-0.3, -0.25) is 0 Å². The largest absolute Gasteiger partial charge is 0.355 e. The summed E-state index contributed by atoms with van der Waals surface area (Å²) in [4.78, 5) is 14.7. The molecule has 17 heavy (non-hydrogen) atoms. The molecule has 2 heterocycles. The first-order valence-corrected chi connectivity index (χ1v) is 6.15. The van der Waals surface area contributed by atoms with Gasteiger partial charge in [0.05, 0.1) is 10.5 Å². The van der Waals surface area contributed by atoms with Crippen molar-refractivity contribution in [2.75, 3.05) is 18.0 Å². The Labute approximate surface area is 110 Å². The highest BCUT2D eigenvalue weighted by atomic mass is 35.5. The molecule has 0 aliphatic heterocycles. The molecule has 2 aromatic heterocycles. The molecular formula is C11H12Cl2N4. The van der Waals surface area contributed by atoms with Crippen LogP contribution in [0.4, 0.5) is 5.82 Å². The summed E-state index contributed by atoms with van der Waals surface area (Å²) >= 11 is 11.8. The molecule has 0 N–H and O–H groups in total. The van der Waals surface area contributed by atoms with Crippen molar-refractivity contribution in [2.45, 2.75) is 13.8 Å². The van der Waals surface area contributed by atoms with Crippen molar-refractivity contribution >= 4 is 40.1 Å². The van der Waals surface area contributed by atoms with E-state index in [-0.39, 0.29) is 5.28 Å². The van der Waals surface area contributed by atoms with Crippen LogP contribution in [-0.2, 0) is 0 Å². The van der Waals surface area contributed by atoms with Crippen LogP contribution < -0.4 is 4.90 Å². The molecule has 2 aromatic rings. The Kier molecular flexibility index (Phi) is 3.64. The molecule has 0 unspecified atom stereocenters. The second-order valence-corrected chi connectivity index (χ2v) is 4.28. The molecule has 0 radical (unpaired) electrons.